The van der Waals surface area contributed by atoms with Crippen LogP contribution in [0.15, 0.2) is 41.4 Å². The third kappa shape index (κ3) is 3.28. The first-order chi connectivity index (χ1) is 12.2. The van der Waals surface area contributed by atoms with Crippen molar-refractivity contribution in [2.24, 2.45) is 0 Å². The quantitative estimate of drug-likeness (QED) is 0.730. The largest absolute Gasteiger partial charge is 0.468 e. The molecular formula is C18H21N5O2. The fourth-order valence-corrected chi connectivity index (χ4v) is 3.24. The maximum atomic E-state index is 12.9. The Morgan fingerprint density at radius 1 is 1.24 bits per heavy atom. The van der Waals surface area contributed by atoms with Gasteiger partial charge in [0.15, 0.2) is 5.65 Å². The molecule has 1 saturated heterocycles. The van der Waals surface area contributed by atoms with Crippen molar-refractivity contribution < 1.29 is 9.21 Å². The van der Waals surface area contributed by atoms with Crippen LogP contribution < -0.4 is 0 Å². The Hall–Kier alpha value is -2.67. The van der Waals surface area contributed by atoms with Gasteiger partial charge in [0.2, 0.25) is 0 Å². The van der Waals surface area contributed by atoms with Crippen molar-refractivity contribution >= 4 is 11.6 Å². The molecular weight excluding hydrogens is 318 g/mol. The van der Waals surface area contributed by atoms with Gasteiger partial charge in [-0.3, -0.25) is 9.69 Å². The summed E-state index contributed by atoms with van der Waals surface area (Å²) in [5.74, 6) is 0.966. The van der Waals surface area contributed by atoms with Crippen molar-refractivity contribution in [1.29, 1.82) is 0 Å². The summed E-state index contributed by atoms with van der Waals surface area (Å²) in [5, 5.41) is 4.27. The van der Waals surface area contributed by atoms with Gasteiger partial charge in [0, 0.05) is 38.6 Å². The van der Waals surface area contributed by atoms with Gasteiger partial charge in [-0.15, -0.1) is 0 Å². The van der Waals surface area contributed by atoms with Gasteiger partial charge in [-0.2, -0.15) is 5.10 Å². The zero-order valence-corrected chi connectivity index (χ0v) is 14.3. The number of hydrogen-bond acceptors (Lipinski definition) is 5. The van der Waals surface area contributed by atoms with E-state index in [0.29, 0.717) is 17.8 Å². The van der Waals surface area contributed by atoms with E-state index in [1.165, 1.54) is 0 Å². The molecule has 0 aromatic carbocycles. The predicted octanol–water partition coefficient (Wildman–Crippen LogP) is 1.98. The van der Waals surface area contributed by atoms with Gasteiger partial charge >= 0.3 is 0 Å². The fourth-order valence-electron chi connectivity index (χ4n) is 3.24. The minimum absolute atomic E-state index is 0.00574. The summed E-state index contributed by atoms with van der Waals surface area (Å²) in [6.07, 6.45) is 7.91. The maximum Gasteiger partial charge on any atom is 0.259 e. The lowest BCUT2D eigenvalue weighted by atomic mass is 10.2. The molecule has 3 aromatic heterocycles. The molecule has 0 radical (unpaired) electrons. The van der Waals surface area contributed by atoms with Crippen molar-refractivity contribution in [1.82, 2.24) is 24.4 Å². The highest BCUT2D eigenvalue weighted by Crippen LogP contribution is 2.15. The van der Waals surface area contributed by atoms with Gasteiger partial charge in [0.25, 0.3) is 5.91 Å². The Balaban J connectivity index is 1.47. The Kier molecular flexibility index (Phi) is 4.23. The standard InChI is InChI=1S/C18H21N5O2/c1-14-10-19-17-16(11-20-23(17)12-14)18(24)22-6-3-5-21(7-8-22)13-15-4-2-9-25-15/h2,4,9-12H,3,5-8,13H2,1H3. The van der Waals surface area contributed by atoms with Gasteiger partial charge in [-0.25, -0.2) is 9.50 Å². The Morgan fingerprint density at radius 3 is 3.00 bits per heavy atom. The molecule has 25 heavy (non-hydrogen) atoms. The smallest absolute Gasteiger partial charge is 0.259 e. The zero-order valence-electron chi connectivity index (χ0n) is 14.3. The zero-order chi connectivity index (χ0) is 17.2. The Bertz CT molecular complexity index is 871. The second kappa shape index (κ2) is 6.68. The molecule has 1 aliphatic rings. The van der Waals surface area contributed by atoms with E-state index in [-0.39, 0.29) is 5.91 Å². The minimum atomic E-state index is 0.00574. The molecule has 4 heterocycles. The number of rotatable bonds is 3. The van der Waals surface area contributed by atoms with Gasteiger partial charge in [-0.1, -0.05) is 0 Å². The molecule has 0 unspecified atom stereocenters. The lowest BCUT2D eigenvalue weighted by molar-refractivity contribution is 0.0762. The second-order valence-electron chi connectivity index (χ2n) is 6.46. The molecule has 4 rings (SSSR count). The van der Waals surface area contributed by atoms with E-state index in [0.717, 1.165) is 43.9 Å². The summed E-state index contributed by atoms with van der Waals surface area (Å²) in [6, 6.07) is 3.89. The Labute approximate surface area is 145 Å². The summed E-state index contributed by atoms with van der Waals surface area (Å²) in [5.41, 5.74) is 2.20. The summed E-state index contributed by atoms with van der Waals surface area (Å²) >= 11 is 0. The summed E-state index contributed by atoms with van der Waals surface area (Å²) < 4.78 is 7.10. The number of furan rings is 1. The van der Waals surface area contributed by atoms with Gasteiger partial charge in [-0.05, 0) is 31.0 Å². The molecule has 0 spiro atoms. The summed E-state index contributed by atoms with van der Waals surface area (Å²) in [7, 11) is 0. The molecule has 3 aromatic rings. The van der Waals surface area contributed by atoms with Crippen LogP contribution in [0.2, 0.25) is 0 Å². The molecule has 0 N–H and O–H groups in total. The highest BCUT2D eigenvalue weighted by molar-refractivity contribution is 5.99. The average Bonchev–Trinajstić information content (AvgIpc) is 3.19. The highest BCUT2D eigenvalue weighted by Gasteiger charge is 2.23. The number of amides is 1. The van der Waals surface area contributed by atoms with Crippen LogP contribution in [0.3, 0.4) is 0 Å². The van der Waals surface area contributed by atoms with E-state index < -0.39 is 0 Å². The van der Waals surface area contributed by atoms with Crippen molar-refractivity contribution in [2.45, 2.75) is 19.9 Å². The van der Waals surface area contributed by atoms with E-state index in [9.17, 15) is 4.79 Å². The first-order valence-electron chi connectivity index (χ1n) is 8.55. The van der Waals surface area contributed by atoms with Crippen molar-refractivity contribution in [3.8, 4) is 0 Å². The normalized spacial score (nSPS) is 16.3. The molecule has 0 bridgehead atoms. The van der Waals surface area contributed by atoms with Crippen LogP contribution in [0, 0.1) is 6.92 Å². The molecule has 1 aliphatic heterocycles. The maximum absolute atomic E-state index is 12.9. The van der Waals surface area contributed by atoms with Gasteiger partial charge in [0.05, 0.1) is 19.0 Å². The monoisotopic (exact) mass is 339 g/mol. The summed E-state index contributed by atoms with van der Waals surface area (Å²) in [6.45, 7) is 5.97. The van der Waals surface area contributed by atoms with E-state index in [1.54, 1.807) is 23.2 Å². The fraction of sp³-hybridized carbons (Fsp3) is 0.389. The van der Waals surface area contributed by atoms with Crippen molar-refractivity contribution in [2.75, 3.05) is 26.2 Å². The highest BCUT2D eigenvalue weighted by atomic mass is 16.3. The van der Waals surface area contributed by atoms with E-state index in [1.807, 2.05) is 30.2 Å². The number of hydrogen-bond donors (Lipinski definition) is 0. The number of nitrogens with zero attached hydrogens (tertiary/aromatic N) is 5. The van der Waals surface area contributed by atoms with E-state index in [4.69, 9.17) is 4.42 Å². The number of fused-ring (bicyclic) bond motifs is 1. The third-order valence-corrected chi connectivity index (χ3v) is 4.55. The SMILES string of the molecule is Cc1cnc2c(C(=O)N3CCCN(Cc4ccco4)CC3)cnn2c1. The lowest BCUT2D eigenvalue weighted by Gasteiger charge is -2.21. The molecule has 130 valence electrons. The molecule has 7 nitrogen and oxygen atoms in total. The summed E-state index contributed by atoms with van der Waals surface area (Å²) in [4.78, 5) is 21.5. The second-order valence-corrected chi connectivity index (χ2v) is 6.46. The van der Waals surface area contributed by atoms with Crippen LogP contribution in [0.25, 0.3) is 5.65 Å². The lowest BCUT2D eigenvalue weighted by Crippen LogP contribution is -2.35. The first-order valence-corrected chi connectivity index (χ1v) is 8.55. The molecule has 0 atom stereocenters. The van der Waals surface area contributed by atoms with E-state index in [2.05, 4.69) is 15.0 Å². The van der Waals surface area contributed by atoms with Crippen LogP contribution in [0.1, 0.15) is 28.1 Å². The predicted molar refractivity (Wildman–Crippen MR) is 92.2 cm³/mol. The van der Waals surface area contributed by atoms with Crippen LogP contribution >= 0.6 is 0 Å². The first kappa shape index (κ1) is 15.8. The van der Waals surface area contributed by atoms with E-state index >= 15 is 0 Å². The number of carbonyl (C=O) groups excluding carboxylic acids is 1. The minimum Gasteiger partial charge on any atom is -0.468 e. The molecule has 1 fully saturated rings. The Morgan fingerprint density at radius 2 is 2.16 bits per heavy atom. The van der Waals surface area contributed by atoms with Crippen molar-refractivity contribution in [3.63, 3.8) is 0 Å². The van der Waals surface area contributed by atoms with Crippen LogP contribution in [-0.2, 0) is 6.54 Å². The molecule has 7 heteroatoms. The number of aromatic nitrogens is 3. The van der Waals surface area contributed by atoms with Crippen LogP contribution in [-0.4, -0.2) is 56.5 Å². The van der Waals surface area contributed by atoms with Crippen LogP contribution in [0.5, 0.6) is 0 Å². The van der Waals surface area contributed by atoms with Crippen LogP contribution in [0.4, 0.5) is 0 Å². The average molecular weight is 339 g/mol. The van der Waals surface area contributed by atoms with Gasteiger partial charge < -0.3 is 9.32 Å². The molecule has 1 amide bonds. The molecule has 0 saturated carbocycles. The third-order valence-electron chi connectivity index (χ3n) is 4.55. The molecule has 0 aliphatic carbocycles. The topological polar surface area (TPSA) is 66.9 Å². The number of aryl methyl sites for hydroxylation is 1. The number of carbonyl (C=O) groups is 1. The van der Waals surface area contributed by atoms with Crippen molar-refractivity contribution in [3.05, 3.63) is 53.9 Å². The van der Waals surface area contributed by atoms with Gasteiger partial charge in [0.1, 0.15) is 11.3 Å².